The van der Waals surface area contributed by atoms with Gasteiger partial charge in [-0.15, -0.1) is 0 Å². The summed E-state index contributed by atoms with van der Waals surface area (Å²) in [5, 5.41) is 6.51. The maximum Gasteiger partial charge on any atom is 0.271 e. The van der Waals surface area contributed by atoms with Crippen LogP contribution in [0, 0.1) is 5.41 Å². The van der Waals surface area contributed by atoms with E-state index in [4.69, 9.17) is 5.73 Å². The monoisotopic (exact) mass is 248 g/mol. The Balaban J connectivity index is 1.64. The van der Waals surface area contributed by atoms with Crippen LogP contribution in [0.1, 0.15) is 49.0 Å². The SMILES string of the molecule is Nc1cc(C(=O)N2CCC3(CCCC3)CC2)[nH]n1. The number of anilines is 1. The van der Waals surface area contributed by atoms with Gasteiger partial charge in [-0.1, -0.05) is 12.8 Å². The van der Waals surface area contributed by atoms with Gasteiger partial charge in [0.1, 0.15) is 11.5 Å². The number of hydrogen-bond acceptors (Lipinski definition) is 3. The van der Waals surface area contributed by atoms with Gasteiger partial charge in [0.05, 0.1) is 0 Å². The molecule has 0 unspecified atom stereocenters. The molecule has 5 heteroatoms. The summed E-state index contributed by atoms with van der Waals surface area (Å²) < 4.78 is 0. The van der Waals surface area contributed by atoms with Crippen molar-refractivity contribution in [2.45, 2.75) is 38.5 Å². The number of nitrogens with one attached hydrogen (secondary N) is 1. The Kier molecular flexibility index (Phi) is 2.76. The first kappa shape index (κ1) is 11.6. The number of rotatable bonds is 1. The normalized spacial score (nSPS) is 22.6. The number of aromatic nitrogens is 2. The lowest BCUT2D eigenvalue weighted by atomic mass is 9.77. The Bertz CT molecular complexity index is 438. The zero-order valence-electron chi connectivity index (χ0n) is 10.6. The predicted octanol–water partition coefficient (Wildman–Crippen LogP) is 1.79. The fraction of sp³-hybridized carbons (Fsp3) is 0.692. The lowest BCUT2D eigenvalue weighted by Crippen LogP contribution is -2.42. The van der Waals surface area contributed by atoms with Crippen LogP contribution in [0.25, 0.3) is 0 Å². The molecule has 2 heterocycles. The number of carbonyl (C=O) groups excluding carboxylic acids is 1. The first-order valence-electron chi connectivity index (χ1n) is 6.79. The van der Waals surface area contributed by atoms with Gasteiger partial charge >= 0.3 is 0 Å². The highest BCUT2D eigenvalue weighted by Gasteiger charge is 2.38. The Labute approximate surface area is 107 Å². The molecule has 1 aromatic heterocycles. The zero-order valence-corrected chi connectivity index (χ0v) is 10.6. The van der Waals surface area contributed by atoms with Crippen LogP contribution < -0.4 is 5.73 Å². The molecule has 18 heavy (non-hydrogen) atoms. The average Bonchev–Trinajstić information content (AvgIpc) is 3.00. The van der Waals surface area contributed by atoms with Crippen molar-refractivity contribution in [3.05, 3.63) is 11.8 Å². The van der Waals surface area contributed by atoms with E-state index in [0.29, 0.717) is 16.9 Å². The van der Waals surface area contributed by atoms with Gasteiger partial charge in [-0.05, 0) is 31.1 Å². The van der Waals surface area contributed by atoms with E-state index < -0.39 is 0 Å². The first-order valence-corrected chi connectivity index (χ1v) is 6.79. The minimum Gasteiger partial charge on any atom is -0.382 e. The molecular weight excluding hydrogens is 228 g/mol. The van der Waals surface area contributed by atoms with Crippen LogP contribution in [-0.4, -0.2) is 34.1 Å². The van der Waals surface area contributed by atoms with Crippen LogP contribution in [0.2, 0.25) is 0 Å². The van der Waals surface area contributed by atoms with Crippen molar-refractivity contribution in [3.63, 3.8) is 0 Å². The minimum atomic E-state index is 0.0343. The number of nitrogens with two attached hydrogens (primary N) is 1. The van der Waals surface area contributed by atoms with E-state index in [1.165, 1.54) is 25.7 Å². The fourth-order valence-electron chi connectivity index (χ4n) is 3.43. The molecule has 1 aliphatic carbocycles. The third-order valence-corrected chi connectivity index (χ3v) is 4.60. The number of amides is 1. The van der Waals surface area contributed by atoms with Crippen LogP contribution >= 0.6 is 0 Å². The van der Waals surface area contributed by atoms with Gasteiger partial charge in [0.2, 0.25) is 0 Å². The molecule has 0 bridgehead atoms. The largest absolute Gasteiger partial charge is 0.382 e. The molecule has 1 spiro atoms. The van der Waals surface area contributed by atoms with Crippen molar-refractivity contribution in [2.24, 2.45) is 5.41 Å². The summed E-state index contributed by atoms with van der Waals surface area (Å²) in [4.78, 5) is 14.1. The van der Waals surface area contributed by atoms with E-state index in [1.54, 1.807) is 6.07 Å². The highest BCUT2D eigenvalue weighted by Crippen LogP contribution is 2.46. The number of H-pyrrole nitrogens is 1. The summed E-state index contributed by atoms with van der Waals surface area (Å²) >= 11 is 0. The number of nitrogens with zero attached hydrogens (tertiary/aromatic N) is 2. The molecule has 5 nitrogen and oxygen atoms in total. The molecule has 2 fully saturated rings. The van der Waals surface area contributed by atoms with Gasteiger partial charge < -0.3 is 10.6 Å². The van der Waals surface area contributed by atoms with E-state index in [-0.39, 0.29) is 5.91 Å². The summed E-state index contributed by atoms with van der Waals surface area (Å²) in [6.07, 6.45) is 7.75. The number of piperidine rings is 1. The second-order valence-electron chi connectivity index (χ2n) is 5.71. The van der Waals surface area contributed by atoms with Crippen LogP contribution in [0.3, 0.4) is 0 Å². The van der Waals surface area contributed by atoms with E-state index in [1.807, 2.05) is 4.90 Å². The first-order chi connectivity index (χ1) is 8.69. The number of likely N-dealkylation sites (tertiary alicyclic amines) is 1. The maximum absolute atomic E-state index is 12.2. The van der Waals surface area contributed by atoms with Gasteiger partial charge in [0.25, 0.3) is 5.91 Å². The summed E-state index contributed by atoms with van der Waals surface area (Å²) in [6.45, 7) is 1.75. The Morgan fingerprint density at radius 1 is 1.28 bits per heavy atom. The van der Waals surface area contributed by atoms with Crippen molar-refractivity contribution >= 4 is 11.7 Å². The Hall–Kier alpha value is -1.52. The second kappa shape index (κ2) is 4.30. The Morgan fingerprint density at radius 3 is 2.50 bits per heavy atom. The van der Waals surface area contributed by atoms with E-state index >= 15 is 0 Å². The predicted molar refractivity (Wildman–Crippen MR) is 69.0 cm³/mol. The third kappa shape index (κ3) is 1.98. The molecule has 1 amide bonds. The highest BCUT2D eigenvalue weighted by atomic mass is 16.2. The van der Waals surface area contributed by atoms with Gasteiger partial charge in [-0.25, -0.2) is 0 Å². The van der Waals surface area contributed by atoms with Gasteiger partial charge in [0.15, 0.2) is 0 Å². The quantitative estimate of drug-likeness (QED) is 0.795. The molecule has 98 valence electrons. The molecule has 1 saturated carbocycles. The molecule has 0 radical (unpaired) electrons. The lowest BCUT2D eigenvalue weighted by Gasteiger charge is -2.39. The van der Waals surface area contributed by atoms with Crippen molar-refractivity contribution < 1.29 is 4.79 Å². The van der Waals surface area contributed by atoms with Crippen molar-refractivity contribution in [1.29, 1.82) is 0 Å². The highest BCUT2D eigenvalue weighted by molar-refractivity contribution is 5.93. The minimum absolute atomic E-state index is 0.0343. The summed E-state index contributed by atoms with van der Waals surface area (Å²) in [7, 11) is 0. The van der Waals surface area contributed by atoms with Gasteiger partial charge in [-0.3, -0.25) is 9.89 Å². The summed E-state index contributed by atoms with van der Waals surface area (Å²) in [6, 6.07) is 1.61. The summed E-state index contributed by atoms with van der Waals surface area (Å²) in [5.41, 5.74) is 6.58. The number of aromatic amines is 1. The van der Waals surface area contributed by atoms with Crippen molar-refractivity contribution in [2.75, 3.05) is 18.8 Å². The van der Waals surface area contributed by atoms with Gasteiger partial charge in [-0.2, -0.15) is 5.10 Å². The number of hydrogen-bond donors (Lipinski definition) is 2. The zero-order chi connectivity index (χ0) is 12.6. The van der Waals surface area contributed by atoms with Gasteiger partial charge in [0, 0.05) is 19.2 Å². The molecule has 0 aromatic carbocycles. The van der Waals surface area contributed by atoms with Crippen molar-refractivity contribution in [1.82, 2.24) is 15.1 Å². The van der Waals surface area contributed by atoms with E-state index in [9.17, 15) is 4.79 Å². The number of carbonyl (C=O) groups is 1. The standard InChI is InChI=1S/C13H20N4O/c14-11-9-10(15-16-11)12(18)17-7-5-13(6-8-17)3-1-2-4-13/h9H,1-8H2,(H3,14,15,16). The van der Waals surface area contributed by atoms with Crippen LogP contribution in [0.5, 0.6) is 0 Å². The third-order valence-electron chi connectivity index (χ3n) is 4.60. The molecule has 3 rings (SSSR count). The molecule has 0 atom stereocenters. The molecule has 1 aliphatic heterocycles. The molecule has 3 N–H and O–H groups in total. The smallest absolute Gasteiger partial charge is 0.271 e. The lowest BCUT2D eigenvalue weighted by molar-refractivity contribution is 0.0582. The number of nitrogen functional groups attached to an aromatic ring is 1. The molecule has 2 aliphatic rings. The van der Waals surface area contributed by atoms with Crippen LogP contribution in [0.4, 0.5) is 5.82 Å². The van der Waals surface area contributed by atoms with E-state index in [0.717, 1.165) is 25.9 Å². The van der Waals surface area contributed by atoms with Crippen LogP contribution in [0.15, 0.2) is 6.07 Å². The fourth-order valence-corrected chi connectivity index (χ4v) is 3.43. The molecule has 1 aromatic rings. The Morgan fingerprint density at radius 2 is 1.94 bits per heavy atom. The van der Waals surface area contributed by atoms with Crippen LogP contribution in [-0.2, 0) is 0 Å². The topological polar surface area (TPSA) is 75.0 Å². The maximum atomic E-state index is 12.2. The van der Waals surface area contributed by atoms with E-state index in [2.05, 4.69) is 10.2 Å². The van der Waals surface area contributed by atoms with Crippen molar-refractivity contribution in [3.8, 4) is 0 Å². The second-order valence-corrected chi connectivity index (χ2v) is 5.71. The summed E-state index contributed by atoms with van der Waals surface area (Å²) in [5.74, 6) is 0.412. The average molecular weight is 248 g/mol. The molecular formula is C13H20N4O. The molecule has 1 saturated heterocycles.